The summed E-state index contributed by atoms with van der Waals surface area (Å²) in [5.41, 5.74) is 23.7. The van der Waals surface area contributed by atoms with E-state index < -0.39 is 111 Å². The highest BCUT2D eigenvalue weighted by Gasteiger charge is 2.56. The maximum atomic E-state index is 10.9. The Morgan fingerprint density at radius 2 is 1.23 bits per heavy atom. The fraction of sp³-hybridized carbons (Fsp3) is 1.00. The van der Waals surface area contributed by atoms with Crippen LogP contribution in [-0.2, 0) is 23.7 Å². The number of hydrogen-bond donors (Lipinski definition) is 12. The van der Waals surface area contributed by atoms with Gasteiger partial charge in [0.25, 0.3) is 0 Å². The lowest BCUT2D eigenvalue weighted by Gasteiger charge is -2.51. The van der Waals surface area contributed by atoms with Crippen molar-refractivity contribution in [2.45, 2.75) is 91.6 Å². The molecule has 3 heterocycles. The van der Waals surface area contributed by atoms with Crippen molar-refractivity contribution in [1.82, 2.24) is 0 Å². The van der Waals surface area contributed by atoms with Crippen LogP contribution in [-0.4, -0.2) is 152 Å². The second-order valence-corrected chi connectivity index (χ2v) is 8.86. The van der Waals surface area contributed by atoms with Crippen LogP contribution < -0.4 is 22.9 Å². The lowest BCUT2D eigenvalue weighted by atomic mass is 9.93. The van der Waals surface area contributed by atoms with E-state index >= 15 is 0 Å². The van der Waals surface area contributed by atoms with E-state index in [2.05, 4.69) is 0 Å². The van der Waals surface area contributed by atoms with Gasteiger partial charge in [-0.3, -0.25) is 5.73 Å². The first-order valence-corrected chi connectivity index (χ1v) is 11.0. The Hall–Kier alpha value is -0.680. The molecule has 0 aromatic carbocycles. The van der Waals surface area contributed by atoms with Crippen molar-refractivity contribution in [2.75, 3.05) is 19.8 Å². The van der Waals surface area contributed by atoms with Gasteiger partial charge in [0.2, 0.25) is 5.91 Å². The van der Waals surface area contributed by atoms with Gasteiger partial charge in [-0.25, -0.2) is 0 Å². The molecule has 0 spiro atoms. The molecule has 17 heteroatoms. The predicted octanol–water partition coefficient (Wildman–Crippen LogP) is -8.39. The Morgan fingerprint density at radius 3 is 1.80 bits per heavy atom. The maximum absolute atomic E-state index is 10.9. The lowest BCUT2D eigenvalue weighted by molar-refractivity contribution is -0.380. The van der Waals surface area contributed by atoms with E-state index in [0.717, 1.165) is 0 Å². The summed E-state index contributed by atoms with van der Waals surface area (Å²) in [5.74, 6) is -2.35. The summed E-state index contributed by atoms with van der Waals surface area (Å²) in [5, 5.41) is 80.0. The molecule has 0 saturated carbocycles. The maximum Gasteiger partial charge on any atom is 0.244 e. The molecule has 17 nitrogen and oxygen atoms in total. The fourth-order valence-corrected chi connectivity index (χ4v) is 4.30. The third-order valence-electron chi connectivity index (χ3n) is 6.51. The van der Waals surface area contributed by atoms with Crippen molar-refractivity contribution in [3.05, 3.63) is 0 Å². The number of rotatable bonds is 7. The second kappa shape index (κ2) is 11.4. The summed E-state index contributed by atoms with van der Waals surface area (Å²) in [7, 11) is 0. The van der Waals surface area contributed by atoms with Gasteiger partial charge in [-0.1, -0.05) is 0 Å². The second-order valence-electron chi connectivity index (χ2n) is 8.86. The first-order chi connectivity index (χ1) is 16.4. The Bertz CT molecular complexity index is 693. The van der Waals surface area contributed by atoms with Crippen LogP contribution in [0.1, 0.15) is 0 Å². The third kappa shape index (κ3) is 5.47. The standard InChI is InChI=1S/C18H36N4O13/c19-7-10(27)13(5(2-24)31-16(7)30)33-17-8(20)11(28)14(6(3-25)32-17)35-18(22)15(21)12(29)9(26)4(1-23)34-18/h4-17,23-30H,1-3,19-22H2/t4-,5-,6-,7-,8-,9-,10-,11-,12+,13?,14?,15-,16-,17+,18+/m1/s1. The largest absolute Gasteiger partial charge is 0.394 e. The molecule has 0 radical (unpaired) electrons. The van der Waals surface area contributed by atoms with Gasteiger partial charge < -0.3 is 81.7 Å². The number of aliphatic hydroxyl groups excluding tert-OH is 8. The van der Waals surface area contributed by atoms with Gasteiger partial charge in [-0.15, -0.1) is 0 Å². The molecule has 3 fully saturated rings. The monoisotopic (exact) mass is 516 g/mol. The first kappa shape index (κ1) is 28.9. The molecule has 3 rings (SSSR count). The van der Waals surface area contributed by atoms with Crippen LogP contribution >= 0.6 is 0 Å². The van der Waals surface area contributed by atoms with Gasteiger partial charge in [-0.05, 0) is 0 Å². The minimum atomic E-state index is -2.35. The average Bonchev–Trinajstić information content (AvgIpc) is 2.84. The Morgan fingerprint density at radius 1 is 0.686 bits per heavy atom. The molecule has 0 bridgehead atoms. The van der Waals surface area contributed by atoms with Crippen LogP contribution in [0, 0.1) is 0 Å². The minimum absolute atomic E-state index is 0.670. The smallest absolute Gasteiger partial charge is 0.244 e. The zero-order valence-corrected chi connectivity index (χ0v) is 18.6. The highest BCUT2D eigenvalue weighted by atomic mass is 16.8. The van der Waals surface area contributed by atoms with Crippen LogP contribution in [0.15, 0.2) is 0 Å². The van der Waals surface area contributed by atoms with Crippen molar-refractivity contribution >= 4 is 0 Å². The van der Waals surface area contributed by atoms with Gasteiger partial charge in [0.1, 0.15) is 61.0 Å². The van der Waals surface area contributed by atoms with E-state index in [4.69, 9.17) is 46.6 Å². The Labute approximate surface area is 199 Å². The van der Waals surface area contributed by atoms with Crippen LogP contribution in [0.5, 0.6) is 0 Å². The SMILES string of the molecule is N[C@H]1[C@H](OC2[C@@H](CO)O[C@@H](O)[C@H](N)[C@H]2O)O[C@H](CO)C(O[C@@]2(N)O[C@H](CO)[C@@H](O)[C@H](O)[C@H]2N)[C@@H]1O. The molecule has 3 aliphatic rings. The summed E-state index contributed by atoms with van der Waals surface area (Å²) in [4.78, 5) is 0. The zero-order valence-electron chi connectivity index (χ0n) is 18.6. The quantitative estimate of drug-likeness (QED) is 0.140. The average molecular weight is 517 g/mol. The third-order valence-corrected chi connectivity index (χ3v) is 6.51. The van der Waals surface area contributed by atoms with E-state index in [1.54, 1.807) is 0 Å². The number of ether oxygens (including phenoxy) is 5. The number of aliphatic hydroxyl groups is 8. The Balaban J connectivity index is 1.76. The van der Waals surface area contributed by atoms with E-state index in [1.165, 1.54) is 0 Å². The van der Waals surface area contributed by atoms with Crippen LogP contribution in [0.4, 0.5) is 0 Å². The van der Waals surface area contributed by atoms with Crippen molar-refractivity contribution in [1.29, 1.82) is 0 Å². The minimum Gasteiger partial charge on any atom is -0.394 e. The van der Waals surface area contributed by atoms with Crippen molar-refractivity contribution in [3.8, 4) is 0 Å². The van der Waals surface area contributed by atoms with Crippen LogP contribution in [0.2, 0.25) is 0 Å². The highest BCUT2D eigenvalue weighted by molar-refractivity contribution is 5.01. The molecule has 0 amide bonds. The molecule has 3 saturated heterocycles. The van der Waals surface area contributed by atoms with E-state index in [-0.39, 0.29) is 0 Å². The molecule has 15 atom stereocenters. The molecule has 3 aliphatic heterocycles. The van der Waals surface area contributed by atoms with Crippen LogP contribution in [0.25, 0.3) is 0 Å². The summed E-state index contributed by atoms with van der Waals surface area (Å²) in [6.45, 7) is -2.18. The number of nitrogens with two attached hydrogens (primary N) is 4. The topological polar surface area (TPSA) is 312 Å². The van der Waals surface area contributed by atoms with Crippen molar-refractivity contribution < 1.29 is 64.5 Å². The fourth-order valence-electron chi connectivity index (χ4n) is 4.30. The normalized spacial score (nSPS) is 53.5. The molecule has 2 unspecified atom stereocenters. The highest BCUT2D eigenvalue weighted by Crippen LogP contribution is 2.33. The molecule has 206 valence electrons. The lowest BCUT2D eigenvalue weighted by Crippen LogP contribution is -2.76. The summed E-state index contributed by atoms with van der Waals surface area (Å²) in [6, 6.07) is -4.24. The first-order valence-electron chi connectivity index (χ1n) is 11.0. The predicted molar refractivity (Wildman–Crippen MR) is 110 cm³/mol. The van der Waals surface area contributed by atoms with Gasteiger partial charge >= 0.3 is 0 Å². The van der Waals surface area contributed by atoms with Gasteiger partial charge in [0, 0.05) is 0 Å². The van der Waals surface area contributed by atoms with E-state index in [0.29, 0.717) is 0 Å². The van der Waals surface area contributed by atoms with Gasteiger partial charge in [0.05, 0.1) is 31.9 Å². The molecular formula is C18H36N4O13. The Kier molecular flexibility index (Phi) is 9.39. The molecule has 0 aromatic rings. The molecule has 0 aromatic heterocycles. The van der Waals surface area contributed by atoms with Crippen molar-refractivity contribution in [2.24, 2.45) is 22.9 Å². The zero-order chi connectivity index (χ0) is 26.2. The number of hydrogen-bond acceptors (Lipinski definition) is 17. The van der Waals surface area contributed by atoms with E-state index in [1.807, 2.05) is 0 Å². The molecule has 35 heavy (non-hydrogen) atoms. The van der Waals surface area contributed by atoms with Gasteiger partial charge in [0.15, 0.2) is 12.6 Å². The summed E-state index contributed by atoms with van der Waals surface area (Å²) in [6.07, 6.45) is -16.3. The molecular weight excluding hydrogens is 480 g/mol. The molecule has 0 aliphatic carbocycles. The van der Waals surface area contributed by atoms with Crippen molar-refractivity contribution in [3.63, 3.8) is 0 Å². The van der Waals surface area contributed by atoms with Gasteiger partial charge in [-0.2, -0.15) is 0 Å². The van der Waals surface area contributed by atoms with Crippen LogP contribution in [0.3, 0.4) is 0 Å². The summed E-state index contributed by atoms with van der Waals surface area (Å²) < 4.78 is 27.3. The summed E-state index contributed by atoms with van der Waals surface area (Å²) >= 11 is 0. The van der Waals surface area contributed by atoms with E-state index in [9.17, 15) is 40.9 Å². The molecule has 16 N–H and O–H groups in total.